The van der Waals surface area contributed by atoms with Crippen molar-refractivity contribution >= 4 is 11.3 Å². The number of thiophene rings is 1. The van der Waals surface area contributed by atoms with E-state index in [1.54, 1.807) is 18.4 Å². The molecule has 0 saturated carbocycles. The van der Waals surface area contributed by atoms with E-state index in [4.69, 9.17) is 4.74 Å². The lowest BCUT2D eigenvalue weighted by Gasteiger charge is -2.20. The Morgan fingerprint density at radius 3 is 2.60 bits per heavy atom. The fourth-order valence-electron chi connectivity index (χ4n) is 0.722. The number of ether oxygens (including phenoxy) is 1. The van der Waals surface area contributed by atoms with Gasteiger partial charge in [0.25, 0.3) is 0 Å². The summed E-state index contributed by atoms with van der Waals surface area (Å²) in [7, 11) is 1.74. The highest BCUT2D eigenvalue weighted by Gasteiger charge is 2.19. The molecular weight excluding hydrogens is 144 g/mol. The number of rotatable bonds is 2. The monoisotopic (exact) mass is 156 g/mol. The highest BCUT2D eigenvalue weighted by Crippen LogP contribution is 2.27. The Labute approximate surface area is 65.6 Å². The van der Waals surface area contributed by atoms with Crippen LogP contribution >= 0.6 is 11.3 Å². The maximum atomic E-state index is 5.29. The van der Waals surface area contributed by atoms with Crippen molar-refractivity contribution in [3.8, 4) is 0 Å². The van der Waals surface area contributed by atoms with Crippen molar-refractivity contribution in [3.05, 3.63) is 22.4 Å². The molecule has 0 aliphatic carbocycles. The molecule has 1 rings (SSSR count). The predicted octanol–water partition coefficient (Wildman–Crippen LogP) is 2.63. The van der Waals surface area contributed by atoms with Crippen LogP contribution in [0.25, 0.3) is 0 Å². The summed E-state index contributed by atoms with van der Waals surface area (Å²) in [5.41, 5.74) is -0.117. The molecule has 0 unspecified atom stereocenters. The Kier molecular flexibility index (Phi) is 2.11. The molecule has 0 aromatic carbocycles. The van der Waals surface area contributed by atoms with Crippen molar-refractivity contribution in [2.45, 2.75) is 19.4 Å². The van der Waals surface area contributed by atoms with Gasteiger partial charge in [-0.3, -0.25) is 0 Å². The van der Waals surface area contributed by atoms with Gasteiger partial charge < -0.3 is 4.74 Å². The van der Waals surface area contributed by atoms with Crippen LogP contribution in [0.4, 0.5) is 0 Å². The lowest BCUT2D eigenvalue weighted by atomic mass is 10.1. The Bertz CT molecular complexity index is 189. The van der Waals surface area contributed by atoms with Gasteiger partial charge in [0.2, 0.25) is 0 Å². The van der Waals surface area contributed by atoms with Gasteiger partial charge in [-0.2, -0.15) is 0 Å². The maximum absolute atomic E-state index is 5.29. The second-order valence-corrected chi connectivity index (χ2v) is 3.64. The Hall–Kier alpha value is -0.340. The minimum absolute atomic E-state index is 0.117. The molecule has 1 aromatic heterocycles. The Morgan fingerprint density at radius 1 is 1.50 bits per heavy atom. The molecule has 0 radical (unpaired) electrons. The van der Waals surface area contributed by atoms with Crippen LogP contribution in [-0.4, -0.2) is 7.11 Å². The largest absolute Gasteiger partial charge is 0.373 e. The van der Waals surface area contributed by atoms with E-state index in [0.717, 1.165) is 0 Å². The molecule has 0 N–H and O–H groups in total. The van der Waals surface area contributed by atoms with E-state index in [9.17, 15) is 0 Å². The summed E-state index contributed by atoms with van der Waals surface area (Å²) in [5.74, 6) is 0. The van der Waals surface area contributed by atoms with Crippen molar-refractivity contribution < 1.29 is 4.74 Å². The molecule has 1 nitrogen and oxygen atoms in total. The zero-order chi connectivity index (χ0) is 7.61. The summed E-state index contributed by atoms with van der Waals surface area (Å²) in [4.78, 5) is 1.27. The van der Waals surface area contributed by atoms with Crippen molar-refractivity contribution in [1.82, 2.24) is 0 Å². The van der Waals surface area contributed by atoms with Crippen molar-refractivity contribution in [3.63, 3.8) is 0 Å². The van der Waals surface area contributed by atoms with E-state index < -0.39 is 0 Å². The van der Waals surface area contributed by atoms with Crippen molar-refractivity contribution in [1.29, 1.82) is 0 Å². The van der Waals surface area contributed by atoms with Crippen molar-refractivity contribution in [2.75, 3.05) is 7.11 Å². The highest BCUT2D eigenvalue weighted by atomic mass is 32.1. The van der Waals surface area contributed by atoms with E-state index >= 15 is 0 Å². The number of methoxy groups -OCH3 is 1. The minimum atomic E-state index is -0.117. The van der Waals surface area contributed by atoms with Crippen LogP contribution in [0.15, 0.2) is 17.5 Å². The van der Waals surface area contributed by atoms with Gasteiger partial charge >= 0.3 is 0 Å². The summed E-state index contributed by atoms with van der Waals surface area (Å²) < 4.78 is 5.29. The topological polar surface area (TPSA) is 9.23 Å². The third-order valence-corrected chi connectivity index (χ3v) is 2.80. The molecule has 0 spiro atoms. The van der Waals surface area contributed by atoms with E-state index in [1.165, 1.54) is 4.88 Å². The first-order valence-electron chi connectivity index (χ1n) is 3.26. The number of hydrogen-bond donors (Lipinski definition) is 0. The molecule has 0 fully saturated rings. The molecule has 0 bridgehead atoms. The second-order valence-electron chi connectivity index (χ2n) is 2.69. The maximum Gasteiger partial charge on any atom is 0.0962 e. The standard InChI is InChI=1S/C8H12OS/c1-8(2,9-3)7-5-4-6-10-7/h4-6H,1-3H3. The molecule has 0 saturated heterocycles. The fraction of sp³-hybridized carbons (Fsp3) is 0.500. The Balaban J connectivity index is 2.85. The number of hydrogen-bond acceptors (Lipinski definition) is 2. The van der Waals surface area contributed by atoms with E-state index in [2.05, 4.69) is 25.3 Å². The zero-order valence-electron chi connectivity index (χ0n) is 6.55. The van der Waals surface area contributed by atoms with Crippen molar-refractivity contribution in [2.24, 2.45) is 0 Å². The van der Waals surface area contributed by atoms with Gasteiger partial charge in [0.15, 0.2) is 0 Å². The first-order valence-corrected chi connectivity index (χ1v) is 4.14. The van der Waals surface area contributed by atoms with E-state index in [-0.39, 0.29) is 5.60 Å². The van der Waals surface area contributed by atoms with Crippen LogP contribution < -0.4 is 0 Å². The first-order chi connectivity index (χ1) is 4.67. The average Bonchev–Trinajstić information content (AvgIpc) is 2.38. The van der Waals surface area contributed by atoms with Crippen LogP contribution in [0.1, 0.15) is 18.7 Å². The van der Waals surface area contributed by atoms with Gasteiger partial charge in [-0.15, -0.1) is 11.3 Å². The van der Waals surface area contributed by atoms with Gasteiger partial charge in [0.1, 0.15) is 0 Å². The van der Waals surface area contributed by atoms with Crippen LogP contribution in [0.2, 0.25) is 0 Å². The van der Waals surface area contributed by atoms with Crippen LogP contribution in [0.5, 0.6) is 0 Å². The van der Waals surface area contributed by atoms with Crippen LogP contribution in [-0.2, 0) is 10.3 Å². The fourth-order valence-corrected chi connectivity index (χ4v) is 1.55. The summed E-state index contributed by atoms with van der Waals surface area (Å²) >= 11 is 1.73. The van der Waals surface area contributed by atoms with Gasteiger partial charge in [0, 0.05) is 12.0 Å². The van der Waals surface area contributed by atoms with E-state index in [1.807, 2.05) is 6.07 Å². The van der Waals surface area contributed by atoms with Gasteiger partial charge in [-0.1, -0.05) is 6.07 Å². The van der Waals surface area contributed by atoms with Crippen LogP contribution in [0, 0.1) is 0 Å². The average molecular weight is 156 g/mol. The smallest absolute Gasteiger partial charge is 0.0962 e. The molecule has 2 heteroatoms. The summed E-state index contributed by atoms with van der Waals surface area (Å²) in [5, 5.41) is 2.07. The zero-order valence-corrected chi connectivity index (χ0v) is 7.37. The normalized spacial score (nSPS) is 11.9. The lowest BCUT2D eigenvalue weighted by Crippen LogP contribution is -2.17. The van der Waals surface area contributed by atoms with Gasteiger partial charge in [0.05, 0.1) is 5.60 Å². The predicted molar refractivity (Wildman–Crippen MR) is 44.4 cm³/mol. The quantitative estimate of drug-likeness (QED) is 0.639. The second kappa shape index (κ2) is 2.72. The summed E-state index contributed by atoms with van der Waals surface area (Å²) in [6, 6.07) is 4.13. The molecule has 56 valence electrons. The Morgan fingerprint density at radius 2 is 2.20 bits per heavy atom. The van der Waals surface area contributed by atoms with Gasteiger partial charge in [-0.25, -0.2) is 0 Å². The molecule has 10 heavy (non-hydrogen) atoms. The van der Waals surface area contributed by atoms with Gasteiger partial charge in [-0.05, 0) is 25.3 Å². The highest BCUT2D eigenvalue weighted by molar-refractivity contribution is 7.10. The third-order valence-electron chi connectivity index (χ3n) is 1.62. The molecule has 0 atom stereocenters. The van der Waals surface area contributed by atoms with E-state index in [0.29, 0.717) is 0 Å². The summed E-state index contributed by atoms with van der Waals surface area (Å²) in [6.45, 7) is 4.14. The molecule has 1 aromatic rings. The lowest BCUT2D eigenvalue weighted by molar-refractivity contribution is 0.0224. The molecule has 0 aliphatic heterocycles. The summed E-state index contributed by atoms with van der Waals surface area (Å²) in [6.07, 6.45) is 0. The molecule has 1 heterocycles. The molecule has 0 aliphatic rings. The molecule has 0 amide bonds. The third kappa shape index (κ3) is 1.39. The first kappa shape index (κ1) is 7.76. The minimum Gasteiger partial charge on any atom is -0.373 e. The van der Waals surface area contributed by atoms with Crippen LogP contribution in [0.3, 0.4) is 0 Å². The molecular formula is C8H12OS. The SMILES string of the molecule is COC(C)(C)c1cccs1.